The van der Waals surface area contributed by atoms with Crippen molar-refractivity contribution < 1.29 is 23.4 Å². The normalized spacial score (nSPS) is 39.2. The second kappa shape index (κ2) is 14.4. The molecule has 0 aromatic carbocycles. The van der Waals surface area contributed by atoms with Gasteiger partial charge in [0.15, 0.2) is 22.4 Å². The fraction of sp³-hybridized carbons (Fsp3) is 0.814. The Balaban J connectivity index is 1.36. The van der Waals surface area contributed by atoms with Crippen molar-refractivity contribution in [1.29, 1.82) is 0 Å². The molecular weight excluding hydrogens is 653 g/mol. The second-order valence-corrected chi connectivity index (χ2v) is 29.9. The van der Waals surface area contributed by atoms with Gasteiger partial charge in [0.25, 0.3) is 0 Å². The standard InChI is InChI=1S/C43H74O5Si2/c1-29-27-45-43(46-28-29)23-21-34(39(43)44)24-30(2)36-19-20-37-32(16-15-22-42(36,37)10)17-18-33-25-35(47-49(11,12)40(4,5)6)26-38(31(33)3)48-50(13,14)41(7,8)9/h17-18,24,29-30,35-39,44H,3,15-16,19-23,25-28H2,1-2,4-14H3/b32-17+,33-18-,34-24+/t29?,30-,35-,36-,37?,38+,39?,42-,43?/m1/s1. The highest BCUT2D eigenvalue weighted by Gasteiger charge is 2.53. The van der Waals surface area contributed by atoms with E-state index in [2.05, 4.69) is 107 Å². The van der Waals surface area contributed by atoms with E-state index in [1.54, 1.807) is 5.57 Å². The topological polar surface area (TPSA) is 57.2 Å². The molecule has 50 heavy (non-hydrogen) atoms. The van der Waals surface area contributed by atoms with Crippen molar-refractivity contribution in [3.8, 4) is 0 Å². The molecule has 5 nitrogen and oxygen atoms in total. The number of hydrogen-bond donors (Lipinski definition) is 1. The molecular formula is C43H74O5Si2. The molecule has 7 heteroatoms. The first-order chi connectivity index (χ1) is 23.0. The SMILES string of the molecule is C=C1/C(=C\C=C2/CCC[C@@]3(C)C2CC[C@@H]3[C@H](C)/C=C2\CCC3(OCC(C)CO3)C2O)C[C@@H](O[Si](C)(C)C(C)(C)C)C[C@@H]1O[Si](C)(C)C(C)(C)C. The molecule has 1 heterocycles. The first kappa shape index (κ1) is 40.4. The average molecular weight is 727 g/mol. The molecule has 1 saturated heterocycles. The maximum atomic E-state index is 11.4. The summed E-state index contributed by atoms with van der Waals surface area (Å²) in [5.74, 6) is 1.15. The number of aliphatic hydroxyl groups excluding tert-OH is 1. The van der Waals surface area contributed by atoms with Crippen LogP contribution in [-0.4, -0.2) is 59.1 Å². The number of fused-ring (bicyclic) bond motifs is 1. The van der Waals surface area contributed by atoms with E-state index in [1.165, 1.54) is 37.7 Å². The van der Waals surface area contributed by atoms with E-state index in [0.717, 1.165) is 36.8 Å². The molecule has 0 radical (unpaired) electrons. The largest absolute Gasteiger partial charge is 0.413 e. The quantitative estimate of drug-likeness (QED) is 0.209. The maximum absolute atomic E-state index is 11.4. The van der Waals surface area contributed by atoms with E-state index in [0.29, 0.717) is 36.9 Å². The minimum Gasteiger partial charge on any atom is -0.413 e. The van der Waals surface area contributed by atoms with Crippen LogP contribution in [0.2, 0.25) is 36.3 Å². The van der Waals surface area contributed by atoms with Crippen LogP contribution < -0.4 is 0 Å². The van der Waals surface area contributed by atoms with Crippen LogP contribution in [0.1, 0.15) is 120 Å². The smallest absolute Gasteiger partial charge is 0.198 e. The number of hydrogen-bond acceptors (Lipinski definition) is 5. The molecule has 4 saturated carbocycles. The van der Waals surface area contributed by atoms with E-state index in [-0.39, 0.29) is 27.7 Å². The Hall–Kier alpha value is -0.806. The van der Waals surface area contributed by atoms with Gasteiger partial charge in [-0.15, -0.1) is 0 Å². The summed E-state index contributed by atoms with van der Waals surface area (Å²) in [4.78, 5) is 0. The van der Waals surface area contributed by atoms with E-state index < -0.39 is 28.5 Å². The zero-order chi connectivity index (χ0) is 37.1. The molecule has 0 bridgehead atoms. The third-order valence-electron chi connectivity index (χ3n) is 14.6. The lowest BCUT2D eigenvalue weighted by Crippen LogP contribution is -2.49. The highest BCUT2D eigenvalue weighted by atomic mass is 28.4. The van der Waals surface area contributed by atoms with Crippen molar-refractivity contribution in [3.63, 3.8) is 0 Å². The zero-order valence-electron chi connectivity index (χ0n) is 34.3. The maximum Gasteiger partial charge on any atom is 0.198 e. The van der Waals surface area contributed by atoms with Gasteiger partial charge in [-0.25, -0.2) is 0 Å². The molecule has 5 rings (SSSR count). The van der Waals surface area contributed by atoms with Gasteiger partial charge in [-0.1, -0.05) is 92.7 Å². The van der Waals surface area contributed by atoms with Gasteiger partial charge in [0.05, 0.1) is 25.4 Å². The van der Waals surface area contributed by atoms with Crippen molar-refractivity contribution in [2.24, 2.45) is 29.1 Å². The Morgan fingerprint density at radius 2 is 1.52 bits per heavy atom. The first-order valence-electron chi connectivity index (χ1n) is 20.1. The Labute approximate surface area is 309 Å². The van der Waals surface area contributed by atoms with Crippen molar-refractivity contribution >= 4 is 16.6 Å². The van der Waals surface area contributed by atoms with Gasteiger partial charge in [0.1, 0.15) is 6.10 Å². The van der Waals surface area contributed by atoms with Crippen LogP contribution in [0, 0.1) is 29.1 Å². The van der Waals surface area contributed by atoms with Crippen molar-refractivity contribution in [3.05, 3.63) is 47.1 Å². The number of allylic oxidation sites excluding steroid dienone is 4. The van der Waals surface area contributed by atoms with Crippen LogP contribution in [-0.2, 0) is 18.3 Å². The molecule has 284 valence electrons. The van der Waals surface area contributed by atoms with Crippen LogP contribution in [0.15, 0.2) is 47.1 Å². The fourth-order valence-electron chi connectivity index (χ4n) is 9.37. The van der Waals surface area contributed by atoms with Crippen LogP contribution in [0.25, 0.3) is 0 Å². The predicted molar refractivity (Wildman–Crippen MR) is 213 cm³/mol. The third-order valence-corrected chi connectivity index (χ3v) is 23.7. The van der Waals surface area contributed by atoms with Gasteiger partial charge in [-0.2, -0.15) is 0 Å². The van der Waals surface area contributed by atoms with Gasteiger partial charge in [0.2, 0.25) is 0 Å². The van der Waals surface area contributed by atoms with Crippen LogP contribution in [0.4, 0.5) is 0 Å². The molecule has 5 aliphatic rings. The lowest BCUT2D eigenvalue weighted by atomic mass is 9.61. The fourth-order valence-corrected chi connectivity index (χ4v) is 12.0. The summed E-state index contributed by atoms with van der Waals surface area (Å²) in [6, 6.07) is 0. The predicted octanol–water partition coefficient (Wildman–Crippen LogP) is 11.3. The summed E-state index contributed by atoms with van der Waals surface area (Å²) in [6.45, 7) is 36.6. The van der Waals surface area contributed by atoms with Crippen LogP contribution in [0.3, 0.4) is 0 Å². The van der Waals surface area contributed by atoms with E-state index in [1.807, 2.05) is 0 Å². The monoisotopic (exact) mass is 727 g/mol. The zero-order valence-corrected chi connectivity index (χ0v) is 36.3. The van der Waals surface area contributed by atoms with Gasteiger partial charge in [0, 0.05) is 18.8 Å². The van der Waals surface area contributed by atoms with E-state index in [4.69, 9.17) is 24.9 Å². The third kappa shape index (κ3) is 8.00. The Bertz CT molecular complexity index is 1340. The molecule has 0 amide bonds. The molecule has 0 aromatic rings. The molecule has 1 spiro atoms. The molecule has 2 unspecified atom stereocenters. The number of ether oxygens (including phenoxy) is 2. The van der Waals surface area contributed by atoms with Gasteiger partial charge in [-0.05, 0) is 121 Å². The van der Waals surface area contributed by atoms with Gasteiger partial charge < -0.3 is 23.4 Å². The molecule has 1 aliphatic heterocycles. The summed E-state index contributed by atoms with van der Waals surface area (Å²) < 4.78 is 26.5. The first-order valence-corrected chi connectivity index (χ1v) is 25.9. The lowest BCUT2D eigenvalue weighted by Gasteiger charge is -2.45. The minimum atomic E-state index is -2.00. The Morgan fingerprint density at radius 3 is 2.14 bits per heavy atom. The summed E-state index contributed by atoms with van der Waals surface area (Å²) in [6.07, 6.45) is 16.4. The minimum absolute atomic E-state index is 0.00307. The Kier molecular flexibility index (Phi) is 11.7. The van der Waals surface area contributed by atoms with E-state index >= 15 is 0 Å². The van der Waals surface area contributed by atoms with Crippen molar-refractivity contribution in [1.82, 2.24) is 0 Å². The summed E-state index contributed by atoms with van der Waals surface area (Å²) in [5, 5.41) is 11.7. The number of aliphatic hydroxyl groups is 1. The molecule has 1 N–H and O–H groups in total. The molecule has 5 fully saturated rings. The molecule has 0 aromatic heterocycles. The highest BCUT2D eigenvalue weighted by Crippen LogP contribution is 2.60. The summed E-state index contributed by atoms with van der Waals surface area (Å²) in [7, 11) is -3.96. The lowest BCUT2D eigenvalue weighted by molar-refractivity contribution is -0.304. The van der Waals surface area contributed by atoms with Gasteiger partial charge >= 0.3 is 0 Å². The summed E-state index contributed by atoms with van der Waals surface area (Å²) >= 11 is 0. The molecule has 4 aliphatic carbocycles. The van der Waals surface area contributed by atoms with Crippen LogP contribution in [0.5, 0.6) is 0 Å². The summed E-state index contributed by atoms with van der Waals surface area (Å²) in [5.41, 5.74) is 5.49. The Morgan fingerprint density at radius 1 is 0.900 bits per heavy atom. The van der Waals surface area contributed by atoms with Crippen LogP contribution >= 0.6 is 0 Å². The van der Waals surface area contributed by atoms with Gasteiger partial charge in [-0.3, -0.25) is 0 Å². The average Bonchev–Trinajstić information content (AvgIpc) is 3.50. The number of rotatable bonds is 7. The van der Waals surface area contributed by atoms with Crippen molar-refractivity contribution in [2.45, 2.75) is 180 Å². The van der Waals surface area contributed by atoms with E-state index in [9.17, 15) is 5.11 Å². The highest BCUT2D eigenvalue weighted by molar-refractivity contribution is 6.74. The molecule has 7 atom stereocenters. The second-order valence-electron chi connectivity index (χ2n) is 20.4. The van der Waals surface area contributed by atoms with Crippen molar-refractivity contribution in [2.75, 3.05) is 13.2 Å².